The Morgan fingerprint density at radius 2 is 2.27 bits per heavy atom. The molecule has 0 N–H and O–H groups in total. The summed E-state index contributed by atoms with van der Waals surface area (Å²) in [7, 11) is 0. The standard InChI is InChI=1S/C10H15Cl/c1-2-3-4-6-9-7-5-8-10(9)11/h9-10H,4-8H2,1H3. The molecule has 1 aliphatic rings. The molecule has 11 heavy (non-hydrogen) atoms. The van der Waals surface area contributed by atoms with Gasteiger partial charge >= 0.3 is 0 Å². The first-order valence-corrected chi connectivity index (χ1v) is 4.82. The lowest BCUT2D eigenvalue weighted by molar-refractivity contribution is 0.518. The van der Waals surface area contributed by atoms with Crippen LogP contribution in [0.4, 0.5) is 0 Å². The molecule has 62 valence electrons. The van der Waals surface area contributed by atoms with Crippen molar-refractivity contribution in [1.29, 1.82) is 0 Å². The van der Waals surface area contributed by atoms with Gasteiger partial charge < -0.3 is 0 Å². The van der Waals surface area contributed by atoms with E-state index < -0.39 is 0 Å². The van der Waals surface area contributed by atoms with Gasteiger partial charge in [0.2, 0.25) is 0 Å². The van der Waals surface area contributed by atoms with Crippen molar-refractivity contribution in [2.24, 2.45) is 5.92 Å². The average molecular weight is 171 g/mol. The van der Waals surface area contributed by atoms with E-state index in [0.717, 1.165) is 12.3 Å². The Bertz CT molecular complexity index is 163. The van der Waals surface area contributed by atoms with Gasteiger partial charge in [0.1, 0.15) is 0 Å². The van der Waals surface area contributed by atoms with Crippen LogP contribution in [0.3, 0.4) is 0 Å². The van der Waals surface area contributed by atoms with Crippen molar-refractivity contribution in [3.05, 3.63) is 0 Å². The first-order chi connectivity index (χ1) is 5.34. The van der Waals surface area contributed by atoms with Crippen molar-refractivity contribution in [1.82, 2.24) is 0 Å². The SMILES string of the molecule is CC#CCCC1CCCC1Cl. The molecule has 0 spiro atoms. The number of hydrogen-bond donors (Lipinski definition) is 0. The van der Waals surface area contributed by atoms with E-state index in [4.69, 9.17) is 11.6 Å². The number of hydrogen-bond acceptors (Lipinski definition) is 0. The van der Waals surface area contributed by atoms with Crippen molar-refractivity contribution >= 4 is 11.6 Å². The van der Waals surface area contributed by atoms with Crippen LogP contribution < -0.4 is 0 Å². The zero-order valence-corrected chi connectivity index (χ0v) is 7.82. The third-order valence-electron chi connectivity index (χ3n) is 2.38. The molecule has 2 atom stereocenters. The summed E-state index contributed by atoms with van der Waals surface area (Å²) in [6, 6.07) is 0. The van der Waals surface area contributed by atoms with Crippen LogP contribution in [-0.2, 0) is 0 Å². The fourth-order valence-corrected chi connectivity index (χ4v) is 2.11. The maximum absolute atomic E-state index is 6.11. The van der Waals surface area contributed by atoms with Crippen LogP contribution in [0, 0.1) is 17.8 Å². The van der Waals surface area contributed by atoms with Gasteiger partial charge in [0.05, 0.1) is 0 Å². The Balaban J connectivity index is 2.18. The lowest BCUT2D eigenvalue weighted by atomic mass is 10.0. The number of rotatable bonds is 2. The topological polar surface area (TPSA) is 0 Å². The van der Waals surface area contributed by atoms with Crippen molar-refractivity contribution in [3.8, 4) is 11.8 Å². The molecule has 0 radical (unpaired) electrons. The van der Waals surface area contributed by atoms with Crippen LogP contribution in [0.1, 0.15) is 39.0 Å². The minimum Gasteiger partial charge on any atom is -0.123 e. The fourth-order valence-electron chi connectivity index (χ4n) is 1.70. The van der Waals surface area contributed by atoms with Crippen LogP contribution in [-0.4, -0.2) is 5.38 Å². The van der Waals surface area contributed by atoms with Gasteiger partial charge in [0.25, 0.3) is 0 Å². The molecule has 0 bridgehead atoms. The van der Waals surface area contributed by atoms with E-state index in [1.807, 2.05) is 6.92 Å². The molecule has 2 unspecified atom stereocenters. The minimum absolute atomic E-state index is 0.439. The largest absolute Gasteiger partial charge is 0.123 e. The first kappa shape index (κ1) is 8.94. The highest BCUT2D eigenvalue weighted by molar-refractivity contribution is 6.20. The van der Waals surface area contributed by atoms with E-state index >= 15 is 0 Å². The van der Waals surface area contributed by atoms with Crippen LogP contribution in [0.2, 0.25) is 0 Å². The van der Waals surface area contributed by atoms with Crippen molar-refractivity contribution in [2.75, 3.05) is 0 Å². The van der Waals surface area contributed by atoms with Crippen LogP contribution in [0.5, 0.6) is 0 Å². The zero-order chi connectivity index (χ0) is 8.10. The van der Waals surface area contributed by atoms with Gasteiger partial charge in [-0.25, -0.2) is 0 Å². The maximum atomic E-state index is 6.11. The smallest absolute Gasteiger partial charge is 0.0364 e. The summed E-state index contributed by atoms with van der Waals surface area (Å²) in [5, 5.41) is 0.439. The summed E-state index contributed by atoms with van der Waals surface area (Å²) in [6.07, 6.45) is 6.09. The Labute approximate surface area is 74.3 Å². The van der Waals surface area contributed by atoms with Crippen LogP contribution >= 0.6 is 11.6 Å². The fraction of sp³-hybridized carbons (Fsp3) is 0.800. The molecule has 0 nitrogen and oxygen atoms in total. The van der Waals surface area contributed by atoms with E-state index in [9.17, 15) is 0 Å². The quantitative estimate of drug-likeness (QED) is 0.441. The van der Waals surface area contributed by atoms with E-state index in [1.165, 1.54) is 25.7 Å². The summed E-state index contributed by atoms with van der Waals surface area (Å²) in [6.45, 7) is 1.90. The molecule has 0 saturated heterocycles. The number of alkyl halides is 1. The van der Waals surface area contributed by atoms with E-state index in [2.05, 4.69) is 11.8 Å². The highest BCUT2D eigenvalue weighted by Crippen LogP contribution is 2.32. The van der Waals surface area contributed by atoms with E-state index in [0.29, 0.717) is 5.38 Å². The lowest BCUT2D eigenvalue weighted by Crippen LogP contribution is -2.05. The molecule has 1 rings (SSSR count). The van der Waals surface area contributed by atoms with Gasteiger partial charge in [-0.15, -0.1) is 23.4 Å². The average Bonchev–Trinajstić information content (AvgIpc) is 2.37. The molecule has 1 heteroatoms. The molecule has 1 saturated carbocycles. The Hall–Kier alpha value is -0.150. The normalized spacial score (nSPS) is 29.6. The molecule has 0 aromatic carbocycles. The predicted octanol–water partition coefficient (Wildman–Crippen LogP) is 3.20. The van der Waals surface area contributed by atoms with Crippen molar-refractivity contribution in [3.63, 3.8) is 0 Å². The highest BCUT2D eigenvalue weighted by atomic mass is 35.5. The number of halogens is 1. The maximum Gasteiger partial charge on any atom is 0.0364 e. The first-order valence-electron chi connectivity index (χ1n) is 4.38. The van der Waals surface area contributed by atoms with Crippen molar-refractivity contribution < 1.29 is 0 Å². The van der Waals surface area contributed by atoms with E-state index in [1.54, 1.807) is 0 Å². The second kappa shape index (κ2) is 4.67. The molecular weight excluding hydrogens is 156 g/mol. The highest BCUT2D eigenvalue weighted by Gasteiger charge is 2.23. The molecule has 0 aromatic heterocycles. The third-order valence-corrected chi connectivity index (χ3v) is 2.96. The van der Waals surface area contributed by atoms with Crippen LogP contribution in [0.25, 0.3) is 0 Å². The Kier molecular flexibility index (Phi) is 3.80. The summed E-state index contributed by atoms with van der Waals surface area (Å²) in [5.41, 5.74) is 0. The van der Waals surface area contributed by atoms with Gasteiger partial charge in [-0.3, -0.25) is 0 Å². The molecular formula is C10H15Cl. The van der Waals surface area contributed by atoms with E-state index in [-0.39, 0.29) is 0 Å². The van der Waals surface area contributed by atoms with Gasteiger partial charge in [0.15, 0.2) is 0 Å². The molecule has 0 amide bonds. The zero-order valence-electron chi connectivity index (χ0n) is 7.07. The molecule has 1 aliphatic carbocycles. The molecule has 1 fully saturated rings. The Morgan fingerprint density at radius 3 is 2.82 bits per heavy atom. The summed E-state index contributed by atoms with van der Waals surface area (Å²) in [5.74, 6) is 6.75. The Morgan fingerprint density at radius 1 is 1.45 bits per heavy atom. The lowest BCUT2D eigenvalue weighted by Gasteiger charge is -2.10. The summed E-state index contributed by atoms with van der Waals surface area (Å²) < 4.78 is 0. The van der Waals surface area contributed by atoms with Gasteiger partial charge in [-0.2, -0.15) is 0 Å². The summed E-state index contributed by atoms with van der Waals surface area (Å²) in [4.78, 5) is 0. The summed E-state index contributed by atoms with van der Waals surface area (Å²) >= 11 is 6.11. The van der Waals surface area contributed by atoms with Gasteiger partial charge in [-0.05, 0) is 32.1 Å². The monoisotopic (exact) mass is 170 g/mol. The second-order valence-corrected chi connectivity index (χ2v) is 3.73. The van der Waals surface area contributed by atoms with Gasteiger partial charge in [-0.1, -0.05) is 6.42 Å². The molecule has 0 heterocycles. The van der Waals surface area contributed by atoms with Crippen LogP contribution in [0.15, 0.2) is 0 Å². The predicted molar refractivity (Wildman–Crippen MR) is 49.7 cm³/mol. The van der Waals surface area contributed by atoms with Crippen molar-refractivity contribution in [2.45, 2.75) is 44.4 Å². The second-order valence-electron chi connectivity index (χ2n) is 3.17. The van der Waals surface area contributed by atoms with Gasteiger partial charge in [0, 0.05) is 11.8 Å². The molecule has 0 aliphatic heterocycles. The minimum atomic E-state index is 0.439. The third kappa shape index (κ3) is 2.75. The molecule has 0 aromatic rings.